The molecule has 2 unspecified atom stereocenters. The summed E-state index contributed by atoms with van der Waals surface area (Å²) in [5.41, 5.74) is 0. The van der Waals surface area contributed by atoms with E-state index in [1.54, 1.807) is 0 Å². The van der Waals surface area contributed by atoms with Crippen LogP contribution >= 0.6 is 0 Å². The van der Waals surface area contributed by atoms with Crippen molar-refractivity contribution in [3.63, 3.8) is 0 Å². The Morgan fingerprint density at radius 2 is 1.29 bits per heavy atom. The van der Waals surface area contributed by atoms with Gasteiger partial charge in [-0.2, -0.15) is 0 Å². The molecule has 31 heavy (non-hydrogen) atoms. The van der Waals surface area contributed by atoms with Crippen LogP contribution in [0.2, 0.25) is 0 Å². The maximum atomic E-state index is 11.9. The van der Waals surface area contributed by atoms with Crippen molar-refractivity contribution in [1.29, 1.82) is 0 Å². The van der Waals surface area contributed by atoms with E-state index in [1.165, 1.54) is 0 Å². The number of carboxylic acid groups (broad SMARTS) is 1. The lowest BCUT2D eigenvalue weighted by Gasteiger charge is -2.16. The maximum Gasteiger partial charge on any atom is 0.417 e. The number of unbranched alkanes of at least 4 members (excludes halogenated alkanes) is 3. The molecule has 0 amide bonds. The van der Waals surface area contributed by atoms with Gasteiger partial charge in [-0.15, -0.1) is 0 Å². The lowest BCUT2D eigenvalue weighted by molar-refractivity contribution is -0.173. The molecule has 0 aromatic carbocycles. The Morgan fingerprint density at radius 3 is 1.81 bits per heavy atom. The van der Waals surface area contributed by atoms with E-state index in [4.69, 9.17) is 28.8 Å². The number of carbonyl (C=O) groups excluding carboxylic acids is 5. The van der Waals surface area contributed by atoms with E-state index in [1.807, 2.05) is 0 Å². The van der Waals surface area contributed by atoms with E-state index in [2.05, 4.69) is 4.74 Å². The summed E-state index contributed by atoms with van der Waals surface area (Å²) in [6.45, 7) is -0.171. The fourth-order valence-electron chi connectivity index (χ4n) is 3.00. The van der Waals surface area contributed by atoms with Crippen LogP contribution in [0.5, 0.6) is 0 Å². The summed E-state index contributed by atoms with van der Waals surface area (Å²) in [6, 6.07) is 0. The van der Waals surface area contributed by atoms with E-state index in [-0.39, 0.29) is 32.7 Å². The molecule has 172 valence electrons. The van der Waals surface area contributed by atoms with Gasteiger partial charge in [0.05, 0.1) is 26.4 Å². The highest BCUT2D eigenvalue weighted by atomic mass is 16.7. The zero-order valence-electron chi connectivity index (χ0n) is 16.4. The molecule has 4 atom stereocenters. The molecule has 2 aliphatic heterocycles. The molecular formula is C18H22O13. The zero-order chi connectivity index (χ0) is 22.8. The van der Waals surface area contributed by atoms with E-state index >= 15 is 0 Å². The molecule has 2 heterocycles. The molecule has 13 heteroatoms. The van der Waals surface area contributed by atoms with Crippen molar-refractivity contribution >= 4 is 36.1 Å². The van der Waals surface area contributed by atoms with Gasteiger partial charge in [-0.25, -0.2) is 24.0 Å². The smallest absolute Gasteiger partial charge is 0.417 e. The minimum absolute atomic E-state index is 0.0178. The first kappa shape index (κ1) is 24.2. The lowest BCUT2D eigenvalue weighted by Crippen LogP contribution is -2.37. The van der Waals surface area contributed by atoms with Crippen LogP contribution in [0, 0.1) is 0 Å². The summed E-state index contributed by atoms with van der Waals surface area (Å²) >= 11 is 0. The van der Waals surface area contributed by atoms with Crippen LogP contribution in [-0.2, 0) is 57.2 Å². The molecule has 1 N–H and O–H groups in total. The Bertz CT molecular complexity index is 703. The summed E-state index contributed by atoms with van der Waals surface area (Å²) < 4.78 is 30.0. The van der Waals surface area contributed by atoms with Crippen molar-refractivity contribution in [3.05, 3.63) is 0 Å². The predicted octanol–water partition coefficient (Wildman–Crippen LogP) is -1.46. The molecule has 0 spiro atoms. The van der Waals surface area contributed by atoms with Crippen LogP contribution < -0.4 is 0 Å². The van der Waals surface area contributed by atoms with Gasteiger partial charge in [-0.05, 0) is 25.7 Å². The van der Waals surface area contributed by atoms with Gasteiger partial charge in [-0.1, -0.05) is 0 Å². The van der Waals surface area contributed by atoms with Crippen molar-refractivity contribution in [2.24, 2.45) is 0 Å². The Hall–Kier alpha value is -3.06. The summed E-state index contributed by atoms with van der Waals surface area (Å²) in [6.07, 6.45) is -1.05. The van der Waals surface area contributed by atoms with E-state index < -0.39 is 54.3 Å². The number of aldehydes is 1. The van der Waals surface area contributed by atoms with Crippen LogP contribution in [0.4, 0.5) is 0 Å². The summed E-state index contributed by atoms with van der Waals surface area (Å²) in [4.78, 5) is 66.0. The molecule has 2 aliphatic rings. The lowest BCUT2D eigenvalue weighted by atomic mass is 10.1. The number of hydrogen-bond acceptors (Lipinski definition) is 12. The zero-order valence-corrected chi connectivity index (χ0v) is 16.4. The highest BCUT2D eigenvalue weighted by Gasteiger charge is 2.51. The number of carbonyl (C=O) groups is 6. The summed E-state index contributed by atoms with van der Waals surface area (Å²) in [5.74, 6) is -6.43. The quantitative estimate of drug-likeness (QED) is 0.135. The van der Waals surface area contributed by atoms with Crippen LogP contribution in [0.3, 0.4) is 0 Å². The van der Waals surface area contributed by atoms with Gasteiger partial charge in [0.2, 0.25) is 6.29 Å². The van der Waals surface area contributed by atoms with E-state index in [0.717, 1.165) is 0 Å². The minimum Gasteiger partial charge on any atom is -0.473 e. The second-order valence-corrected chi connectivity index (χ2v) is 6.62. The molecule has 13 nitrogen and oxygen atoms in total. The molecule has 0 bridgehead atoms. The monoisotopic (exact) mass is 446 g/mol. The summed E-state index contributed by atoms with van der Waals surface area (Å²) in [5, 5.41) is 8.33. The molecule has 0 saturated carbocycles. The molecule has 0 aliphatic carbocycles. The number of ether oxygens (including phenoxy) is 6. The average Bonchev–Trinajstić information content (AvgIpc) is 3.32. The molecular weight excluding hydrogens is 424 g/mol. The topological polar surface area (TPSA) is 178 Å². The number of fused-ring (bicyclic) bond motifs is 1. The number of hydrogen-bond donors (Lipinski definition) is 1. The fourth-order valence-corrected chi connectivity index (χ4v) is 3.00. The normalized spacial score (nSPS) is 24.0. The number of rotatable bonds is 10. The molecule has 2 rings (SSSR count). The van der Waals surface area contributed by atoms with Crippen molar-refractivity contribution < 1.29 is 62.3 Å². The molecule has 2 fully saturated rings. The van der Waals surface area contributed by atoms with E-state index in [0.29, 0.717) is 25.7 Å². The first-order valence-electron chi connectivity index (χ1n) is 9.50. The van der Waals surface area contributed by atoms with Crippen molar-refractivity contribution in [2.75, 3.05) is 26.4 Å². The van der Waals surface area contributed by atoms with Gasteiger partial charge in [0.1, 0.15) is 12.2 Å². The molecule has 0 radical (unpaired) electrons. The van der Waals surface area contributed by atoms with Gasteiger partial charge in [-0.3, -0.25) is 4.79 Å². The summed E-state index contributed by atoms with van der Waals surface area (Å²) in [7, 11) is 0. The van der Waals surface area contributed by atoms with Gasteiger partial charge in [0.25, 0.3) is 0 Å². The second-order valence-electron chi connectivity index (χ2n) is 6.62. The first-order chi connectivity index (χ1) is 14.8. The Morgan fingerprint density at radius 1 is 0.774 bits per heavy atom. The highest BCUT2D eigenvalue weighted by molar-refractivity contribution is 6.29. The SMILES string of the molecule is O=CC(=O)O[C@H]1COC2C1OC[C@@H]2OC(=O)C(=O)OCCCCCCOC(=O)C(=O)O. The standard InChI is InChI=1S/C18H22O13/c19-7-12(20)30-10-8-28-14-11(9-29-13(10)14)31-18(25)17(24)27-6-4-2-1-3-5-26-16(23)15(21)22/h7,10-11,13-14H,1-6,8-9H2,(H,21,22)/t10-,11-,13?,14?/m0/s1. The maximum absolute atomic E-state index is 11.9. The van der Waals surface area contributed by atoms with Gasteiger partial charge in [0, 0.05) is 0 Å². The van der Waals surface area contributed by atoms with Crippen molar-refractivity contribution in [2.45, 2.75) is 50.1 Å². The van der Waals surface area contributed by atoms with Crippen LogP contribution in [0.25, 0.3) is 0 Å². The number of aliphatic carboxylic acids is 1. The largest absolute Gasteiger partial charge is 0.473 e. The minimum atomic E-state index is -1.65. The third-order valence-corrected chi connectivity index (χ3v) is 4.43. The Kier molecular flexibility index (Phi) is 9.34. The van der Waals surface area contributed by atoms with Crippen LogP contribution in [0.15, 0.2) is 0 Å². The van der Waals surface area contributed by atoms with Gasteiger partial charge < -0.3 is 33.5 Å². The average molecular weight is 446 g/mol. The molecule has 0 aromatic heterocycles. The third kappa shape index (κ3) is 7.29. The Balaban J connectivity index is 1.58. The predicted molar refractivity (Wildman–Crippen MR) is 93.3 cm³/mol. The van der Waals surface area contributed by atoms with Crippen LogP contribution in [-0.4, -0.2) is 92.1 Å². The van der Waals surface area contributed by atoms with Gasteiger partial charge in [0.15, 0.2) is 12.2 Å². The second kappa shape index (κ2) is 12.0. The molecule has 2 saturated heterocycles. The number of esters is 4. The van der Waals surface area contributed by atoms with Crippen molar-refractivity contribution in [1.82, 2.24) is 0 Å². The van der Waals surface area contributed by atoms with Crippen LogP contribution in [0.1, 0.15) is 25.7 Å². The first-order valence-corrected chi connectivity index (χ1v) is 9.50. The van der Waals surface area contributed by atoms with Crippen molar-refractivity contribution in [3.8, 4) is 0 Å². The van der Waals surface area contributed by atoms with E-state index in [9.17, 15) is 28.8 Å². The van der Waals surface area contributed by atoms with Gasteiger partial charge >= 0.3 is 29.8 Å². The molecule has 0 aromatic rings. The number of carboxylic acids is 1. The fraction of sp³-hybridized carbons (Fsp3) is 0.667. The highest BCUT2D eigenvalue weighted by Crippen LogP contribution is 2.30. The Labute approximate surface area is 175 Å². The third-order valence-electron chi connectivity index (χ3n) is 4.43.